The van der Waals surface area contributed by atoms with Gasteiger partial charge in [-0.3, -0.25) is 0 Å². The smallest absolute Gasteiger partial charge is 0.337 e. The molecule has 3 rings (SSSR count). The van der Waals surface area contributed by atoms with Gasteiger partial charge in [-0.05, 0) is 56.2 Å². The van der Waals surface area contributed by atoms with E-state index >= 15 is 0 Å². The minimum atomic E-state index is -0.259. The van der Waals surface area contributed by atoms with Crippen molar-refractivity contribution in [2.45, 2.75) is 37.6 Å². The highest BCUT2D eigenvalue weighted by Gasteiger charge is 2.37. The van der Waals surface area contributed by atoms with E-state index < -0.39 is 0 Å². The van der Waals surface area contributed by atoms with Crippen LogP contribution in [0.15, 0.2) is 42.2 Å². The number of fused-ring (bicyclic) bond motifs is 1. The number of ether oxygens (including phenoxy) is 2. The number of benzene rings is 1. The van der Waals surface area contributed by atoms with Crippen LogP contribution in [0.2, 0.25) is 0 Å². The van der Waals surface area contributed by atoms with Crippen molar-refractivity contribution in [2.24, 2.45) is 5.92 Å². The van der Waals surface area contributed by atoms with Gasteiger partial charge in [0.1, 0.15) is 0 Å². The number of nitrogens with zero attached hydrogens (tertiary/aromatic N) is 1. The first-order chi connectivity index (χ1) is 11.7. The number of methoxy groups -OCH3 is 2. The summed E-state index contributed by atoms with van der Waals surface area (Å²) in [5.41, 5.74) is 2.13. The van der Waals surface area contributed by atoms with Crippen LogP contribution in [0.4, 0.5) is 0 Å². The van der Waals surface area contributed by atoms with Crippen molar-refractivity contribution in [3.63, 3.8) is 0 Å². The van der Waals surface area contributed by atoms with Crippen LogP contribution in [0.1, 0.15) is 37.2 Å². The maximum atomic E-state index is 12.1. The third-order valence-corrected chi connectivity index (χ3v) is 5.54. The number of carbonyl (C=O) groups is 1. The average molecular weight is 329 g/mol. The summed E-state index contributed by atoms with van der Waals surface area (Å²) in [4.78, 5) is 14.7. The molecule has 0 saturated carbocycles. The van der Waals surface area contributed by atoms with Crippen LogP contribution in [-0.2, 0) is 14.3 Å². The number of hydrogen-bond donors (Lipinski definition) is 0. The quantitative estimate of drug-likeness (QED) is 0.482. The molecule has 130 valence electrons. The van der Waals surface area contributed by atoms with E-state index in [-0.39, 0.29) is 11.9 Å². The molecule has 0 bridgehead atoms. The Morgan fingerprint density at radius 3 is 2.58 bits per heavy atom. The first kappa shape index (κ1) is 17.0. The second kappa shape index (κ2) is 7.84. The monoisotopic (exact) mass is 329 g/mol. The van der Waals surface area contributed by atoms with Crippen molar-refractivity contribution >= 4 is 5.97 Å². The molecule has 0 spiro atoms. The van der Waals surface area contributed by atoms with Gasteiger partial charge in [-0.2, -0.15) is 0 Å². The SMILES string of the molecule is CO/C=C(\C(=O)OC)C1CCN2CCC(c3ccccc3)CC2C1. The summed E-state index contributed by atoms with van der Waals surface area (Å²) in [6.07, 6.45) is 5.97. The molecule has 2 aliphatic heterocycles. The van der Waals surface area contributed by atoms with E-state index in [1.54, 1.807) is 13.4 Å². The number of piperidine rings is 2. The third-order valence-electron chi connectivity index (χ3n) is 5.54. The highest BCUT2D eigenvalue weighted by molar-refractivity contribution is 5.88. The zero-order valence-electron chi connectivity index (χ0n) is 14.6. The largest absolute Gasteiger partial charge is 0.504 e. The van der Waals surface area contributed by atoms with Gasteiger partial charge in [0.05, 0.1) is 26.1 Å². The maximum Gasteiger partial charge on any atom is 0.337 e. The van der Waals surface area contributed by atoms with Gasteiger partial charge in [-0.15, -0.1) is 0 Å². The summed E-state index contributed by atoms with van der Waals surface area (Å²) in [5.74, 6) is 0.595. The first-order valence-corrected chi connectivity index (χ1v) is 8.83. The molecule has 24 heavy (non-hydrogen) atoms. The molecule has 4 nitrogen and oxygen atoms in total. The van der Waals surface area contributed by atoms with Gasteiger partial charge in [-0.25, -0.2) is 4.79 Å². The fraction of sp³-hybridized carbons (Fsp3) is 0.550. The summed E-state index contributed by atoms with van der Waals surface area (Å²) in [6, 6.07) is 11.3. The molecule has 2 heterocycles. The standard InChI is InChI=1S/C20H27NO3/c1-23-14-19(20(22)24-2)17-9-11-21-10-8-16(12-18(21)13-17)15-6-4-3-5-7-15/h3-7,14,16-18H,8-13H2,1-2H3/b19-14-. The van der Waals surface area contributed by atoms with E-state index in [2.05, 4.69) is 35.2 Å². The number of esters is 1. The van der Waals surface area contributed by atoms with E-state index in [4.69, 9.17) is 9.47 Å². The average Bonchev–Trinajstić information content (AvgIpc) is 2.65. The number of carbonyl (C=O) groups excluding carboxylic acids is 1. The Bertz CT molecular complexity index is 584. The Balaban J connectivity index is 1.70. The summed E-state index contributed by atoms with van der Waals surface area (Å²) in [7, 11) is 3.02. The van der Waals surface area contributed by atoms with Crippen molar-refractivity contribution in [3.8, 4) is 0 Å². The van der Waals surface area contributed by atoms with Crippen LogP contribution in [-0.4, -0.2) is 44.2 Å². The Labute approximate surface area is 144 Å². The lowest BCUT2D eigenvalue weighted by Crippen LogP contribution is -2.47. The molecule has 1 aromatic carbocycles. The van der Waals surface area contributed by atoms with Gasteiger partial charge in [-0.1, -0.05) is 30.3 Å². The summed E-state index contributed by atoms with van der Waals surface area (Å²) in [6.45, 7) is 2.20. The van der Waals surface area contributed by atoms with Crippen LogP contribution in [0.5, 0.6) is 0 Å². The molecule has 3 atom stereocenters. The molecule has 4 heteroatoms. The molecule has 2 fully saturated rings. The third kappa shape index (κ3) is 3.64. The Morgan fingerprint density at radius 2 is 1.88 bits per heavy atom. The van der Waals surface area contributed by atoms with Crippen molar-refractivity contribution in [2.75, 3.05) is 27.3 Å². The molecule has 0 aromatic heterocycles. The molecule has 0 radical (unpaired) electrons. The zero-order valence-corrected chi connectivity index (χ0v) is 14.6. The Hall–Kier alpha value is -1.81. The predicted molar refractivity (Wildman–Crippen MR) is 93.6 cm³/mol. The topological polar surface area (TPSA) is 38.8 Å². The first-order valence-electron chi connectivity index (χ1n) is 8.83. The fourth-order valence-corrected chi connectivity index (χ4v) is 4.27. The molecular formula is C20H27NO3. The van der Waals surface area contributed by atoms with Crippen molar-refractivity contribution in [3.05, 3.63) is 47.7 Å². The van der Waals surface area contributed by atoms with Gasteiger partial charge in [0.2, 0.25) is 0 Å². The molecule has 2 aliphatic rings. The van der Waals surface area contributed by atoms with Crippen LogP contribution in [0.3, 0.4) is 0 Å². The maximum absolute atomic E-state index is 12.1. The molecule has 0 amide bonds. The molecule has 0 aliphatic carbocycles. The Morgan fingerprint density at radius 1 is 1.12 bits per heavy atom. The fourth-order valence-electron chi connectivity index (χ4n) is 4.27. The van der Waals surface area contributed by atoms with E-state index in [1.165, 1.54) is 25.5 Å². The van der Waals surface area contributed by atoms with Crippen molar-refractivity contribution in [1.29, 1.82) is 0 Å². The molecule has 3 unspecified atom stereocenters. The van der Waals surface area contributed by atoms with Crippen LogP contribution >= 0.6 is 0 Å². The molecule has 0 N–H and O–H groups in total. The van der Waals surface area contributed by atoms with Crippen LogP contribution in [0.25, 0.3) is 0 Å². The molecular weight excluding hydrogens is 302 g/mol. The zero-order chi connectivity index (χ0) is 16.9. The second-order valence-electron chi connectivity index (χ2n) is 6.84. The van der Waals surface area contributed by atoms with Gasteiger partial charge in [0.15, 0.2) is 0 Å². The number of hydrogen-bond acceptors (Lipinski definition) is 4. The Kier molecular flexibility index (Phi) is 5.56. The summed E-state index contributed by atoms with van der Waals surface area (Å²) in [5, 5.41) is 0. The van der Waals surface area contributed by atoms with Crippen LogP contribution in [0, 0.1) is 5.92 Å². The van der Waals surface area contributed by atoms with Crippen molar-refractivity contribution < 1.29 is 14.3 Å². The highest BCUT2D eigenvalue weighted by atomic mass is 16.5. The lowest BCUT2D eigenvalue weighted by Gasteiger charge is -2.45. The predicted octanol–water partition coefficient (Wildman–Crippen LogP) is 3.35. The number of rotatable bonds is 4. The minimum absolute atomic E-state index is 0.230. The van der Waals surface area contributed by atoms with E-state index in [9.17, 15) is 4.79 Å². The highest BCUT2D eigenvalue weighted by Crippen LogP contribution is 2.39. The van der Waals surface area contributed by atoms with E-state index in [0.29, 0.717) is 17.5 Å². The van der Waals surface area contributed by atoms with E-state index in [0.717, 1.165) is 25.9 Å². The van der Waals surface area contributed by atoms with Crippen LogP contribution < -0.4 is 0 Å². The lowest BCUT2D eigenvalue weighted by atomic mass is 9.77. The molecule has 1 aromatic rings. The van der Waals surface area contributed by atoms with Gasteiger partial charge >= 0.3 is 5.97 Å². The molecule has 2 saturated heterocycles. The van der Waals surface area contributed by atoms with Gasteiger partial charge in [0.25, 0.3) is 0 Å². The minimum Gasteiger partial charge on any atom is -0.504 e. The lowest BCUT2D eigenvalue weighted by molar-refractivity contribution is -0.137. The van der Waals surface area contributed by atoms with Gasteiger partial charge in [0, 0.05) is 6.04 Å². The van der Waals surface area contributed by atoms with E-state index in [1.807, 2.05) is 0 Å². The summed E-state index contributed by atoms with van der Waals surface area (Å²) >= 11 is 0. The second-order valence-corrected chi connectivity index (χ2v) is 6.84. The normalized spacial score (nSPS) is 28.1. The summed E-state index contributed by atoms with van der Waals surface area (Å²) < 4.78 is 10.1. The van der Waals surface area contributed by atoms with Gasteiger partial charge < -0.3 is 14.4 Å². The van der Waals surface area contributed by atoms with Crippen molar-refractivity contribution in [1.82, 2.24) is 4.90 Å².